The standard InChI is InChI=1S/C20H23FN6O2/c1-22-20-15(10-24-27(20)3)19(28)17-6-12-7-18(29-5-4-21)14(8-16(12)25-17)13-9-23-26(2)11-13/h7-11,17,22,25H,4-6H2,1-3H3. The third kappa shape index (κ3) is 3.43. The molecule has 0 fully saturated rings. The van der Waals surface area contributed by atoms with Crippen LogP contribution in [0.2, 0.25) is 0 Å². The number of nitrogens with one attached hydrogen (secondary N) is 2. The summed E-state index contributed by atoms with van der Waals surface area (Å²) in [5, 5.41) is 14.7. The molecular weight excluding hydrogens is 375 g/mol. The van der Waals surface area contributed by atoms with Crippen LogP contribution < -0.4 is 15.4 Å². The largest absolute Gasteiger partial charge is 0.490 e. The van der Waals surface area contributed by atoms with Gasteiger partial charge in [0.25, 0.3) is 0 Å². The number of anilines is 2. The average Bonchev–Trinajstić information content (AvgIpc) is 3.42. The van der Waals surface area contributed by atoms with E-state index in [1.165, 1.54) is 0 Å². The number of hydrogen-bond acceptors (Lipinski definition) is 6. The fourth-order valence-electron chi connectivity index (χ4n) is 3.70. The number of alkyl halides is 1. The second-order valence-electron chi connectivity index (χ2n) is 6.99. The Kier molecular flexibility index (Phi) is 4.96. The van der Waals surface area contributed by atoms with Crippen molar-refractivity contribution in [1.29, 1.82) is 0 Å². The summed E-state index contributed by atoms with van der Waals surface area (Å²) < 4.78 is 21.7. The number of Topliss-reactive ketones (excluding diaryl/α,β-unsaturated/α-hetero) is 1. The van der Waals surface area contributed by atoms with Gasteiger partial charge in [-0.1, -0.05) is 0 Å². The Bertz CT molecular complexity index is 1060. The zero-order valence-corrected chi connectivity index (χ0v) is 16.6. The van der Waals surface area contributed by atoms with Crippen LogP contribution in [0.1, 0.15) is 15.9 Å². The fraction of sp³-hybridized carbons (Fsp3) is 0.350. The summed E-state index contributed by atoms with van der Waals surface area (Å²) in [6, 6.07) is 3.42. The summed E-state index contributed by atoms with van der Waals surface area (Å²) in [7, 11) is 5.38. The van der Waals surface area contributed by atoms with Crippen molar-refractivity contribution in [2.24, 2.45) is 14.1 Å². The minimum absolute atomic E-state index is 0.0248. The van der Waals surface area contributed by atoms with Gasteiger partial charge in [-0.15, -0.1) is 0 Å². The van der Waals surface area contributed by atoms with Crippen molar-refractivity contribution in [2.75, 3.05) is 31.0 Å². The van der Waals surface area contributed by atoms with Gasteiger partial charge in [0.2, 0.25) is 0 Å². The lowest BCUT2D eigenvalue weighted by Crippen LogP contribution is -2.27. The highest BCUT2D eigenvalue weighted by molar-refractivity contribution is 6.06. The predicted molar refractivity (Wildman–Crippen MR) is 108 cm³/mol. The number of carbonyl (C=O) groups is 1. The van der Waals surface area contributed by atoms with Gasteiger partial charge in [-0.3, -0.25) is 14.2 Å². The lowest BCUT2D eigenvalue weighted by molar-refractivity contribution is 0.0972. The van der Waals surface area contributed by atoms with Crippen LogP contribution in [-0.2, 0) is 20.5 Å². The molecule has 1 atom stereocenters. The molecule has 3 heterocycles. The SMILES string of the molecule is CNc1c(C(=O)C2Cc3cc(OCCF)c(-c4cnn(C)c4)cc3N2)cnn1C. The molecular formula is C20H23FN6O2. The fourth-order valence-corrected chi connectivity index (χ4v) is 3.70. The number of hydrogen-bond donors (Lipinski definition) is 2. The number of fused-ring (bicyclic) bond motifs is 1. The number of carbonyl (C=O) groups excluding carboxylic acids is 1. The van der Waals surface area contributed by atoms with Gasteiger partial charge in [-0.25, -0.2) is 4.39 Å². The van der Waals surface area contributed by atoms with Gasteiger partial charge in [-0.05, 0) is 17.7 Å². The summed E-state index contributed by atoms with van der Waals surface area (Å²) in [4.78, 5) is 13.1. The first-order valence-electron chi connectivity index (χ1n) is 9.37. The van der Waals surface area contributed by atoms with Gasteiger partial charge < -0.3 is 15.4 Å². The van der Waals surface area contributed by atoms with E-state index in [0.717, 1.165) is 22.4 Å². The molecule has 0 saturated heterocycles. The molecule has 1 aliphatic rings. The Morgan fingerprint density at radius 3 is 2.86 bits per heavy atom. The maximum atomic E-state index is 13.1. The number of nitrogens with zero attached hydrogens (tertiary/aromatic N) is 4. The van der Waals surface area contributed by atoms with Gasteiger partial charge in [0.1, 0.15) is 24.8 Å². The molecule has 0 amide bonds. The topological polar surface area (TPSA) is 86.0 Å². The molecule has 29 heavy (non-hydrogen) atoms. The molecule has 2 N–H and O–H groups in total. The molecule has 3 aromatic rings. The predicted octanol–water partition coefficient (Wildman–Crippen LogP) is 2.43. The van der Waals surface area contributed by atoms with Crippen molar-refractivity contribution < 1.29 is 13.9 Å². The summed E-state index contributed by atoms with van der Waals surface area (Å²) >= 11 is 0. The Morgan fingerprint density at radius 1 is 1.34 bits per heavy atom. The van der Waals surface area contributed by atoms with E-state index in [2.05, 4.69) is 20.8 Å². The number of rotatable bonds is 7. The molecule has 0 bridgehead atoms. The number of halogens is 1. The maximum Gasteiger partial charge on any atom is 0.190 e. The van der Waals surface area contributed by atoms with E-state index in [9.17, 15) is 9.18 Å². The summed E-state index contributed by atoms with van der Waals surface area (Å²) in [5.41, 5.74) is 4.04. The second kappa shape index (κ2) is 7.57. The van der Waals surface area contributed by atoms with Crippen LogP contribution in [0.3, 0.4) is 0 Å². The number of aryl methyl sites for hydroxylation is 2. The van der Waals surface area contributed by atoms with Crippen LogP contribution in [-0.4, -0.2) is 51.7 Å². The van der Waals surface area contributed by atoms with Gasteiger partial charge >= 0.3 is 0 Å². The van der Waals surface area contributed by atoms with E-state index in [1.54, 1.807) is 35.9 Å². The van der Waals surface area contributed by atoms with E-state index in [-0.39, 0.29) is 12.4 Å². The first-order chi connectivity index (χ1) is 14.0. The highest BCUT2D eigenvalue weighted by Crippen LogP contribution is 2.39. The molecule has 0 saturated carbocycles. The number of aromatic nitrogens is 4. The second-order valence-corrected chi connectivity index (χ2v) is 6.99. The first-order valence-corrected chi connectivity index (χ1v) is 9.37. The van der Waals surface area contributed by atoms with Crippen molar-refractivity contribution in [3.8, 4) is 16.9 Å². The van der Waals surface area contributed by atoms with Crippen molar-refractivity contribution in [3.63, 3.8) is 0 Å². The van der Waals surface area contributed by atoms with Gasteiger partial charge in [0.15, 0.2) is 5.78 Å². The molecule has 9 heteroatoms. The van der Waals surface area contributed by atoms with E-state index in [4.69, 9.17) is 4.74 Å². The van der Waals surface area contributed by atoms with Crippen LogP contribution in [0.25, 0.3) is 11.1 Å². The van der Waals surface area contributed by atoms with Crippen molar-refractivity contribution >= 4 is 17.3 Å². The highest BCUT2D eigenvalue weighted by Gasteiger charge is 2.31. The Morgan fingerprint density at radius 2 is 2.17 bits per heavy atom. The lowest BCUT2D eigenvalue weighted by atomic mass is 10.0. The number of benzene rings is 1. The normalized spacial score (nSPS) is 15.1. The zero-order chi connectivity index (χ0) is 20.5. The molecule has 2 aromatic heterocycles. The van der Waals surface area contributed by atoms with E-state index >= 15 is 0 Å². The zero-order valence-electron chi connectivity index (χ0n) is 16.6. The van der Waals surface area contributed by atoms with Crippen LogP contribution in [0.15, 0.2) is 30.7 Å². The Balaban J connectivity index is 1.66. The molecule has 8 nitrogen and oxygen atoms in total. The maximum absolute atomic E-state index is 13.1. The highest BCUT2D eigenvalue weighted by atomic mass is 19.1. The van der Waals surface area contributed by atoms with E-state index in [1.807, 2.05) is 25.4 Å². The van der Waals surface area contributed by atoms with Crippen LogP contribution in [0.4, 0.5) is 15.9 Å². The molecule has 1 aromatic carbocycles. The molecule has 0 aliphatic carbocycles. The van der Waals surface area contributed by atoms with Gasteiger partial charge in [0.05, 0.1) is 24.0 Å². The van der Waals surface area contributed by atoms with Crippen LogP contribution in [0.5, 0.6) is 5.75 Å². The Hall–Kier alpha value is -3.36. The summed E-state index contributed by atoms with van der Waals surface area (Å²) in [6.45, 7) is -0.597. The Labute approximate surface area is 167 Å². The molecule has 1 aliphatic heterocycles. The minimum atomic E-state index is -0.573. The number of ketones is 1. The third-order valence-electron chi connectivity index (χ3n) is 5.07. The molecule has 0 radical (unpaired) electrons. The van der Waals surface area contributed by atoms with E-state index in [0.29, 0.717) is 23.6 Å². The molecule has 0 spiro atoms. The van der Waals surface area contributed by atoms with Crippen molar-refractivity contribution in [1.82, 2.24) is 19.6 Å². The lowest BCUT2D eigenvalue weighted by Gasteiger charge is -2.12. The smallest absolute Gasteiger partial charge is 0.190 e. The summed E-state index contributed by atoms with van der Waals surface area (Å²) in [5.74, 6) is 1.23. The van der Waals surface area contributed by atoms with E-state index < -0.39 is 12.7 Å². The first kappa shape index (κ1) is 19.0. The average molecular weight is 398 g/mol. The third-order valence-corrected chi connectivity index (χ3v) is 5.07. The summed E-state index contributed by atoms with van der Waals surface area (Å²) in [6.07, 6.45) is 5.70. The minimum Gasteiger partial charge on any atom is -0.490 e. The van der Waals surface area contributed by atoms with Crippen LogP contribution in [0, 0.1) is 0 Å². The monoisotopic (exact) mass is 398 g/mol. The molecule has 152 valence electrons. The van der Waals surface area contributed by atoms with Gasteiger partial charge in [0, 0.05) is 50.6 Å². The van der Waals surface area contributed by atoms with Crippen molar-refractivity contribution in [3.05, 3.63) is 41.9 Å². The quantitative estimate of drug-likeness (QED) is 0.595. The van der Waals surface area contributed by atoms with Crippen LogP contribution >= 0.6 is 0 Å². The molecule has 1 unspecified atom stereocenters. The molecule has 4 rings (SSSR count). The van der Waals surface area contributed by atoms with Crippen molar-refractivity contribution in [2.45, 2.75) is 12.5 Å². The number of ether oxygens (including phenoxy) is 1. The van der Waals surface area contributed by atoms with Gasteiger partial charge in [-0.2, -0.15) is 10.2 Å².